The second-order valence-electron chi connectivity index (χ2n) is 4.53. The van der Waals surface area contributed by atoms with Gasteiger partial charge in [0.25, 0.3) is 0 Å². The Morgan fingerprint density at radius 1 is 1.69 bits per heavy atom. The maximum absolute atomic E-state index is 10.1. The fraction of sp³-hybridized carbons (Fsp3) is 0.750. The number of hydrogen-bond donors (Lipinski definition) is 1. The van der Waals surface area contributed by atoms with Gasteiger partial charge in [-0.3, -0.25) is 4.68 Å². The molecule has 1 saturated heterocycles. The van der Waals surface area contributed by atoms with E-state index in [1.54, 1.807) is 6.20 Å². The van der Waals surface area contributed by atoms with Crippen LogP contribution in [0, 0.1) is 5.92 Å². The molecule has 0 aliphatic carbocycles. The summed E-state index contributed by atoms with van der Waals surface area (Å²) in [7, 11) is 1.94. The molecule has 2 heterocycles. The van der Waals surface area contributed by atoms with Crippen LogP contribution in [0.4, 0.5) is 0 Å². The van der Waals surface area contributed by atoms with Gasteiger partial charge in [-0.1, -0.05) is 0 Å². The van der Waals surface area contributed by atoms with Gasteiger partial charge in [0.2, 0.25) is 0 Å². The highest BCUT2D eigenvalue weighted by molar-refractivity contribution is 5.00. The second-order valence-corrected chi connectivity index (χ2v) is 4.53. The highest BCUT2D eigenvalue weighted by Gasteiger charge is 2.22. The van der Waals surface area contributed by atoms with E-state index in [0.717, 1.165) is 32.3 Å². The molecule has 0 bridgehead atoms. The SMILES string of the molecule is Cn1nccc1CCC(O)C1CCCOC1. The monoisotopic (exact) mass is 224 g/mol. The van der Waals surface area contributed by atoms with Crippen molar-refractivity contribution in [3.63, 3.8) is 0 Å². The predicted molar refractivity (Wildman–Crippen MR) is 61.1 cm³/mol. The molecule has 1 N–H and O–H groups in total. The van der Waals surface area contributed by atoms with Gasteiger partial charge in [-0.05, 0) is 31.7 Å². The summed E-state index contributed by atoms with van der Waals surface area (Å²) in [5.74, 6) is 0.321. The van der Waals surface area contributed by atoms with Crippen molar-refractivity contribution in [3.8, 4) is 0 Å². The Hall–Kier alpha value is -0.870. The molecule has 1 aliphatic rings. The topological polar surface area (TPSA) is 47.3 Å². The van der Waals surface area contributed by atoms with Gasteiger partial charge in [0.15, 0.2) is 0 Å². The summed E-state index contributed by atoms with van der Waals surface area (Å²) in [4.78, 5) is 0. The number of ether oxygens (including phenoxy) is 1. The number of aromatic nitrogens is 2. The van der Waals surface area contributed by atoms with Crippen LogP contribution >= 0.6 is 0 Å². The molecular formula is C12H20N2O2. The van der Waals surface area contributed by atoms with Crippen LogP contribution in [0.2, 0.25) is 0 Å². The molecule has 16 heavy (non-hydrogen) atoms. The quantitative estimate of drug-likeness (QED) is 0.834. The van der Waals surface area contributed by atoms with E-state index in [4.69, 9.17) is 4.74 Å². The molecule has 2 unspecified atom stereocenters. The van der Waals surface area contributed by atoms with Crippen molar-refractivity contribution >= 4 is 0 Å². The standard InChI is InChI=1S/C12H20N2O2/c1-14-11(6-7-13-14)4-5-12(15)10-3-2-8-16-9-10/h6-7,10,12,15H,2-5,8-9H2,1H3. The van der Waals surface area contributed by atoms with Gasteiger partial charge < -0.3 is 9.84 Å². The van der Waals surface area contributed by atoms with Crippen molar-refractivity contribution in [2.45, 2.75) is 31.8 Å². The summed E-state index contributed by atoms with van der Waals surface area (Å²) in [6, 6.07) is 2.00. The minimum absolute atomic E-state index is 0.241. The predicted octanol–water partition coefficient (Wildman–Crippen LogP) is 1.14. The first-order valence-electron chi connectivity index (χ1n) is 6.00. The van der Waals surface area contributed by atoms with Crippen LogP contribution in [0.25, 0.3) is 0 Å². The third-order valence-corrected chi connectivity index (χ3v) is 3.36. The second kappa shape index (κ2) is 5.46. The third kappa shape index (κ3) is 2.83. The van der Waals surface area contributed by atoms with Crippen LogP contribution in [-0.2, 0) is 18.2 Å². The first kappa shape index (κ1) is 11.6. The molecule has 0 amide bonds. The van der Waals surface area contributed by atoms with E-state index in [1.165, 1.54) is 5.69 Å². The molecule has 2 atom stereocenters. The van der Waals surface area contributed by atoms with Gasteiger partial charge in [-0.25, -0.2) is 0 Å². The molecule has 0 spiro atoms. The van der Waals surface area contributed by atoms with Crippen LogP contribution < -0.4 is 0 Å². The highest BCUT2D eigenvalue weighted by Crippen LogP contribution is 2.20. The van der Waals surface area contributed by atoms with Crippen molar-refractivity contribution in [2.24, 2.45) is 13.0 Å². The van der Waals surface area contributed by atoms with Gasteiger partial charge in [0, 0.05) is 31.5 Å². The van der Waals surface area contributed by atoms with E-state index in [0.29, 0.717) is 12.5 Å². The molecule has 0 radical (unpaired) electrons. The first-order valence-corrected chi connectivity index (χ1v) is 6.00. The number of aryl methyl sites for hydroxylation is 2. The summed E-state index contributed by atoms with van der Waals surface area (Å²) < 4.78 is 7.25. The number of aliphatic hydroxyl groups excluding tert-OH is 1. The van der Waals surface area contributed by atoms with E-state index in [2.05, 4.69) is 5.10 Å². The number of hydrogen-bond acceptors (Lipinski definition) is 3. The number of rotatable bonds is 4. The molecule has 0 saturated carbocycles. The van der Waals surface area contributed by atoms with Crippen LogP contribution in [0.1, 0.15) is 25.0 Å². The lowest BCUT2D eigenvalue weighted by atomic mass is 9.92. The highest BCUT2D eigenvalue weighted by atomic mass is 16.5. The van der Waals surface area contributed by atoms with Gasteiger partial charge in [0.1, 0.15) is 0 Å². The molecule has 90 valence electrons. The Labute approximate surface area is 96.2 Å². The normalized spacial score (nSPS) is 23.2. The summed E-state index contributed by atoms with van der Waals surface area (Å²) >= 11 is 0. The summed E-state index contributed by atoms with van der Waals surface area (Å²) in [6.07, 6.45) is 5.41. The van der Waals surface area contributed by atoms with Gasteiger partial charge in [-0.15, -0.1) is 0 Å². The first-order chi connectivity index (χ1) is 7.77. The average Bonchev–Trinajstić information content (AvgIpc) is 2.73. The minimum Gasteiger partial charge on any atom is -0.393 e. The van der Waals surface area contributed by atoms with Crippen molar-refractivity contribution in [1.82, 2.24) is 9.78 Å². The lowest BCUT2D eigenvalue weighted by molar-refractivity contribution is -0.0117. The zero-order valence-corrected chi connectivity index (χ0v) is 9.80. The molecule has 2 rings (SSSR count). The fourth-order valence-corrected chi connectivity index (χ4v) is 2.25. The van der Waals surface area contributed by atoms with Crippen LogP contribution in [-0.4, -0.2) is 34.2 Å². The Balaban J connectivity index is 1.78. The third-order valence-electron chi connectivity index (χ3n) is 3.36. The van der Waals surface area contributed by atoms with Gasteiger partial charge in [0.05, 0.1) is 12.7 Å². The maximum atomic E-state index is 10.1. The molecule has 1 aromatic rings. The lowest BCUT2D eigenvalue weighted by Gasteiger charge is -2.26. The average molecular weight is 224 g/mol. The Bertz CT molecular complexity index is 319. The molecule has 1 fully saturated rings. The maximum Gasteiger partial charge on any atom is 0.0594 e. The molecular weight excluding hydrogens is 204 g/mol. The molecule has 4 nitrogen and oxygen atoms in total. The summed E-state index contributed by atoms with van der Waals surface area (Å²) in [5.41, 5.74) is 1.18. The number of nitrogens with zero attached hydrogens (tertiary/aromatic N) is 2. The van der Waals surface area contributed by atoms with Crippen LogP contribution in [0.3, 0.4) is 0 Å². The molecule has 1 aliphatic heterocycles. The van der Waals surface area contributed by atoms with E-state index < -0.39 is 0 Å². The van der Waals surface area contributed by atoms with Gasteiger partial charge in [-0.2, -0.15) is 5.10 Å². The van der Waals surface area contributed by atoms with Crippen molar-refractivity contribution in [3.05, 3.63) is 18.0 Å². The van der Waals surface area contributed by atoms with Crippen molar-refractivity contribution < 1.29 is 9.84 Å². The van der Waals surface area contributed by atoms with Gasteiger partial charge >= 0.3 is 0 Å². The summed E-state index contributed by atoms with van der Waals surface area (Å²) in [5, 5.41) is 14.2. The van der Waals surface area contributed by atoms with Crippen LogP contribution in [0.15, 0.2) is 12.3 Å². The fourth-order valence-electron chi connectivity index (χ4n) is 2.25. The Morgan fingerprint density at radius 3 is 3.19 bits per heavy atom. The molecule has 0 aromatic carbocycles. The smallest absolute Gasteiger partial charge is 0.0594 e. The zero-order chi connectivity index (χ0) is 11.4. The Morgan fingerprint density at radius 2 is 2.56 bits per heavy atom. The summed E-state index contributed by atoms with van der Waals surface area (Å²) in [6.45, 7) is 1.57. The van der Waals surface area contributed by atoms with E-state index >= 15 is 0 Å². The van der Waals surface area contributed by atoms with E-state index in [-0.39, 0.29) is 6.10 Å². The van der Waals surface area contributed by atoms with E-state index in [1.807, 2.05) is 17.8 Å². The zero-order valence-electron chi connectivity index (χ0n) is 9.80. The Kier molecular flexibility index (Phi) is 3.96. The van der Waals surface area contributed by atoms with Crippen LogP contribution in [0.5, 0.6) is 0 Å². The molecule has 4 heteroatoms. The largest absolute Gasteiger partial charge is 0.393 e. The van der Waals surface area contributed by atoms with Crippen molar-refractivity contribution in [2.75, 3.05) is 13.2 Å². The van der Waals surface area contributed by atoms with Crippen molar-refractivity contribution in [1.29, 1.82) is 0 Å². The molecule has 1 aromatic heterocycles. The minimum atomic E-state index is -0.241. The van der Waals surface area contributed by atoms with E-state index in [9.17, 15) is 5.11 Å². The number of aliphatic hydroxyl groups is 1. The lowest BCUT2D eigenvalue weighted by Crippen LogP contribution is -2.29.